The zero-order chi connectivity index (χ0) is 19.8. The number of amides is 1. The van der Waals surface area contributed by atoms with Gasteiger partial charge in [-0.1, -0.05) is 47.6 Å². The van der Waals surface area contributed by atoms with Crippen molar-refractivity contribution >= 4 is 14.4 Å². The Labute approximate surface area is 154 Å². The molecule has 1 aliphatic heterocycles. The first-order valence-electron chi connectivity index (χ1n) is 9.11. The largest absolute Gasteiger partial charge is 0.465 e. The molecule has 1 saturated heterocycles. The highest BCUT2D eigenvalue weighted by Gasteiger charge is 2.59. The van der Waals surface area contributed by atoms with Gasteiger partial charge in [0.2, 0.25) is 0 Å². The molecular weight excluding hydrogens is 334 g/mol. The third-order valence-corrected chi connectivity index (χ3v) is 10.6. The van der Waals surface area contributed by atoms with Crippen LogP contribution in [-0.2, 0) is 4.43 Å². The van der Waals surface area contributed by atoms with Gasteiger partial charge in [-0.15, -0.1) is 6.58 Å². The number of nitrogens with zero attached hydrogens (tertiary/aromatic N) is 1. The van der Waals surface area contributed by atoms with Crippen LogP contribution in [0.25, 0.3) is 0 Å². The smallest absolute Gasteiger partial charge is 0.409 e. The quantitative estimate of drug-likeness (QED) is 0.548. The topological polar surface area (TPSA) is 70.0 Å². The second kappa shape index (κ2) is 7.04. The molecule has 0 aliphatic carbocycles. The van der Waals surface area contributed by atoms with Gasteiger partial charge in [0.25, 0.3) is 0 Å². The van der Waals surface area contributed by atoms with Crippen LogP contribution >= 0.6 is 0 Å². The molecule has 1 rings (SSSR count). The van der Waals surface area contributed by atoms with E-state index in [4.69, 9.17) is 4.43 Å². The Balaban J connectivity index is 3.52. The lowest BCUT2D eigenvalue weighted by Crippen LogP contribution is -2.72. The number of carboxylic acid groups (broad SMARTS) is 1. The van der Waals surface area contributed by atoms with E-state index in [2.05, 4.69) is 40.4 Å². The number of aliphatic hydroxyl groups excluding tert-OH is 1. The molecule has 25 heavy (non-hydrogen) atoms. The summed E-state index contributed by atoms with van der Waals surface area (Å²) in [5.74, 6) is 0. The molecule has 3 atom stereocenters. The van der Waals surface area contributed by atoms with E-state index in [1.807, 2.05) is 20.8 Å². The van der Waals surface area contributed by atoms with E-state index in [-0.39, 0.29) is 11.1 Å². The van der Waals surface area contributed by atoms with Crippen molar-refractivity contribution in [2.75, 3.05) is 0 Å². The van der Waals surface area contributed by atoms with Crippen LogP contribution in [0.2, 0.25) is 18.1 Å². The number of carbonyl (C=O) groups is 1. The standard InChI is InChI=1S/C19H37NO4Si/c1-10-13-19(17(2,3)4)14(24-25(8,9)18(5,6)7)11-12-15(21)20(19)16(22)23/h10,14-15,21H,1,11-13H2,2-9H3,(H,22,23)/t14-,15?,19+/m0/s1. The molecule has 0 spiro atoms. The summed E-state index contributed by atoms with van der Waals surface area (Å²) in [7, 11) is -2.11. The molecule has 2 N–H and O–H groups in total. The minimum absolute atomic E-state index is 0.0227. The highest BCUT2D eigenvalue weighted by atomic mass is 28.4. The van der Waals surface area contributed by atoms with Crippen LogP contribution < -0.4 is 0 Å². The Morgan fingerprint density at radius 1 is 1.28 bits per heavy atom. The fourth-order valence-electron chi connectivity index (χ4n) is 3.68. The molecule has 0 bridgehead atoms. The predicted molar refractivity (Wildman–Crippen MR) is 104 cm³/mol. The number of hydrogen-bond donors (Lipinski definition) is 2. The van der Waals surface area contributed by atoms with Gasteiger partial charge in [-0.05, 0) is 42.8 Å². The molecule has 1 fully saturated rings. The summed E-state index contributed by atoms with van der Waals surface area (Å²) in [4.78, 5) is 13.3. The SMILES string of the molecule is C=CC[C@]1(C(C)(C)C)[C@@H](O[Si](C)(C)C(C)(C)C)CCC(O)N1C(=O)O. The number of aliphatic hydroxyl groups is 1. The number of piperidine rings is 1. The van der Waals surface area contributed by atoms with Crippen molar-refractivity contribution in [3.05, 3.63) is 12.7 Å². The third kappa shape index (κ3) is 3.96. The Bertz CT molecular complexity index is 507. The van der Waals surface area contributed by atoms with Crippen LogP contribution in [0.15, 0.2) is 12.7 Å². The fraction of sp³-hybridized carbons (Fsp3) is 0.842. The first kappa shape index (κ1) is 22.2. The zero-order valence-corrected chi connectivity index (χ0v) is 18.2. The molecule has 5 nitrogen and oxygen atoms in total. The van der Waals surface area contributed by atoms with Crippen LogP contribution in [-0.4, -0.2) is 47.4 Å². The predicted octanol–water partition coefficient (Wildman–Crippen LogP) is 4.83. The van der Waals surface area contributed by atoms with E-state index in [1.54, 1.807) is 6.08 Å². The Morgan fingerprint density at radius 2 is 1.80 bits per heavy atom. The molecule has 0 aromatic heterocycles. The lowest BCUT2D eigenvalue weighted by atomic mass is 9.64. The maximum absolute atomic E-state index is 12.1. The van der Waals surface area contributed by atoms with Crippen LogP contribution in [0, 0.1) is 5.41 Å². The van der Waals surface area contributed by atoms with Crippen LogP contribution in [0.3, 0.4) is 0 Å². The number of likely N-dealkylation sites (tertiary alicyclic amines) is 1. The fourth-order valence-corrected chi connectivity index (χ4v) is 5.05. The minimum Gasteiger partial charge on any atom is -0.465 e. The van der Waals surface area contributed by atoms with Gasteiger partial charge in [-0.2, -0.15) is 0 Å². The summed E-state index contributed by atoms with van der Waals surface area (Å²) < 4.78 is 6.74. The normalized spacial score (nSPS) is 28.8. The molecule has 0 radical (unpaired) electrons. The van der Waals surface area contributed by atoms with Crippen molar-refractivity contribution in [2.24, 2.45) is 5.41 Å². The summed E-state index contributed by atoms with van der Waals surface area (Å²) in [5.41, 5.74) is -1.28. The van der Waals surface area contributed by atoms with Gasteiger partial charge in [-0.3, -0.25) is 4.90 Å². The van der Waals surface area contributed by atoms with Gasteiger partial charge < -0.3 is 14.6 Å². The average molecular weight is 372 g/mol. The Kier molecular flexibility index (Phi) is 6.25. The first-order valence-corrected chi connectivity index (χ1v) is 12.0. The van der Waals surface area contributed by atoms with Crippen molar-refractivity contribution in [1.29, 1.82) is 0 Å². The van der Waals surface area contributed by atoms with Crippen molar-refractivity contribution in [1.82, 2.24) is 4.90 Å². The minimum atomic E-state index is -2.11. The maximum atomic E-state index is 12.1. The van der Waals surface area contributed by atoms with Crippen molar-refractivity contribution < 1.29 is 19.4 Å². The Morgan fingerprint density at radius 3 is 2.16 bits per heavy atom. The second-order valence-corrected chi connectivity index (χ2v) is 14.5. The van der Waals surface area contributed by atoms with Crippen LogP contribution in [0.4, 0.5) is 4.79 Å². The first-order chi connectivity index (χ1) is 11.1. The van der Waals surface area contributed by atoms with Gasteiger partial charge >= 0.3 is 6.09 Å². The Hall–Kier alpha value is -0.853. The number of rotatable bonds is 4. The van der Waals surface area contributed by atoms with E-state index in [0.29, 0.717) is 19.3 Å². The molecule has 146 valence electrons. The van der Waals surface area contributed by atoms with Gasteiger partial charge in [0.1, 0.15) is 6.23 Å². The zero-order valence-electron chi connectivity index (χ0n) is 17.2. The molecule has 0 saturated carbocycles. The highest BCUT2D eigenvalue weighted by molar-refractivity contribution is 6.74. The highest BCUT2D eigenvalue weighted by Crippen LogP contribution is 2.50. The number of hydrogen-bond acceptors (Lipinski definition) is 3. The van der Waals surface area contributed by atoms with Gasteiger partial charge in [0, 0.05) is 0 Å². The third-order valence-electron chi connectivity index (χ3n) is 6.15. The molecule has 1 aliphatic rings. The van der Waals surface area contributed by atoms with Crippen molar-refractivity contribution in [3.8, 4) is 0 Å². The molecule has 6 heteroatoms. The molecule has 0 aromatic carbocycles. The average Bonchev–Trinajstić information content (AvgIpc) is 2.38. The van der Waals surface area contributed by atoms with Gasteiger partial charge in [0.05, 0.1) is 11.6 Å². The molecule has 1 unspecified atom stereocenters. The lowest BCUT2D eigenvalue weighted by Gasteiger charge is -2.60. The summed E-state index contributed by atoms with van der Waals surface area (Å²) in [6.45, 7) is 20.8. The van der Waals surface area contributed by atoms with E-state index in [9.17, 15) is 15.0 Å². The van der Waals surface area contributed by atoms with Crippen LogP contribution in [0.1, 0.15) is 60.8 Å². The molecule has 1 amide bonds. The van der Waals surface area contributed by atoms with E-state index in [0.717, 1.165) is 0 Å². The van der Waals surface area contributed by atoms with Crippen molar-refractivity contribution in [2.45, 2.75) is 96.8 Å². The van der Waals surface area contributed by atoms with Crippen LogP contribution in [0.5, 0.6) is 0 Å². The van der Waals surface area contributed by atoms with Gasteiger partial charge in [-0.25, -0.2) is 4.79 Å². The summed E-state index contributed by atoms with van der Waals surface area (Å²) in [5, 5.41) is 20.4. The lowest BCUT2D eigenvalue weighted by molar-refractivity contribution is -0.170. The molecule has 0 aromatic rings. The van der Waals surface area contributed by atoms with E-state index >= 15 is 0 Å². The van der Waals surface area contributed by atoms with Gasteiger partial charge in [0.15, 0.2) is 8.32 Å². The monoisotopic (exact) mass is 371 g/mol. The molecular formula is C19H37NO4Si. The molecule has 1 heterocycles. The summed E-state index contributed by atoms with van der Waals surface area (Å²) in [6, 6.07) is 0. The summed E-state index contributed by atoms with van der Waals surface area (Å²) in [6.07, 6.45) is 0.832. The summed E-state index contributed by atoms with van der Waals surface area (Å²) >= 11 is 0. The second-order valence-electron chi connectivity index (χ2n) is 9.74. The van der Waals surface area contributed by atoms with Crippen molar-refractivity contribution in [3.63, 3.8) is 0 Å². The maximum Gasteiger partial charge on any atom is 0.409 e. The van der Waals surface area contributed by atoms with E-state index < -0.39 is 31.6 Å². The van der Waals surface area contributed by atoms with E-state index in [1.165, 1.54) is 4.90 Å².